The number of anilines is 1. The van der Waals surface area contributed by atoms with E-state index in [1.54, 1.807) is 30.1 Å². The third-order valence-electron chi connectivity index (χ3n) is 9.26. The molecule has 1 aliphatic rings. The number of fused-ring (bicyclic) bond motifs is 1. The summed E-state index contributed by atoms with van der Waals surface area (Å²) in [5, 5.41) is 13.3. The Morgan fingerprint density at radius 3 is 2.41 bits per heavy atom. The molecule has 4 aromatic carbocycles. The number of carbonyl (C=O) groups excluding carboxylic acids is 3. The third kappa shape index (κ3) is 7.90. The molecule has 0 spiro atoms. The quantitative estimate of drug-likeness (QED) is 0.0872. The van der Waals surface area contributed by atoms with Crippen LogP contribution >= 0.6 is 23.2 Å². The molecule has 1 heterocycles. The number of rotatable bonds is 12. The highest BCUT2D eigenvalue weighted by molar-refractivity contribution is 6.42. The van der Waals surface area contributed by atoms with Gasteiger partial charge in [0.1, 0.15) is 11.8 Å². The topological polar surface area (TPSA) is 103 Å². The van der Waals surface area contributed by atoms with Crippen molar-refractivity contribution in [2.24, 2.45) is 0 Å². The first-order valence-electron chi connectivity index (χ1n) is 16.1. The number of ether oxygens (including phenoxy) is 1. The Hall–Kier alpha value is -4.46. The number of hydroxylamine groups is 1. The van der Waals surface area contributed by atoms with Crippen molar-refractivity contribution >= 4 is 57.8 Å². The zero-order valence-electron chi connectivity index (χ0n) is 27.7. The normalized spacial score (nSPS) is 14.2. The number of aldehydes is 1. The summed E-state index contributed by atoms with van der Waals surface area (Å²) in [6, 6.07) is 24.5. The number of hydrogen-bond acceptors (Lipinski definition) is 7. The molecule has 4 aromatic rings. The summed E-state index contributed by atoms with van der Waals surface area (Å²) in [6.07, 6.45) is 2.72. The zero-order valence-corrected chi connectivity index (χ0v) is 29.2. The van der Waals surface area contributed by atoms with E-state index >= 15 is 0 Å². The van der Waals surface area contributed by atoms with E-state index in [9.17, 15) is 19.6 Å². The fourth-order valence-electron chi connectivity index (χ4n) is 6.75. The molecule has 9 nitrogen and oxygen atoms in total. The summed E-state index contributed by atoms with van der Waals surface area (Å²) in [5.41, 5.74) is 3.18. The summed E-state index contributed by atoms with van der Waals surface area (Å²) >= 11 is 12.7. The summed E-state index contributed by atoms with van der Waals surface area (Å²) < 4.78 is 5.63. The number of para-hydroxylation sites is 1. The predicted molar refractivity (Wildman–Crippen MR) is 191 cm³/mol. The van der Waals surface area contributed by atoms with Gasteiger partial charge in [0.05, 0.1) is 41.1 Å². The molecule has 0 aromatic heterocycles. The highest BCUT2D eigenvalue weighted by Gasteiger charge is 2.29. The molecule has 0 bridgehead atoms. The van der Waals surface area contributed by atoms with Crippen molar-refractivity contribution in [3.63, 3.8) is 0 Å². The number of piperidine rings is 1. The van der Waals surface area contributed by atoms with Crippen LogP contribution < -0.4 is 9.80 Å². The van der Waals surface area contributed by atoms with Crippen molar-refractivity contribution in [3.8, 4) is 11.8 Å². The molecule has 49 heavy (non-hydrogen) atoms. The molecular weight excluding hydrogens is 663 g/mol. The van der Waals surface area contributed by atoms with Crippen LogP contribution in [0.5, 0.6) is 5.75 Å². The van der Waals surface area contributed by atoms with Gasteiger partial charge >= 0.3 is 5.91 Å². The Balaban J connectivity index is 1.33. The van der Waals surface area contributed by atoms with Gasteiger partial charge in [-0.2, -0.15) is 10.3 Å². The lowest BCUT2D eigenvalue weighted by Gasteiger charge is -2.35. The van der Waals surface area contributed by atoms with Crippen LogP contribution in [-0.4, -0.2) is 75.3 Å². The lowest BCUT2D eigenvalue weighted by molar-refractivity contribution is -0.133. The standard InChI is InChI=1S/C38H38Cl2N4O5/c1-42(38(47)36-31-10-5-4-8-27(31)20-29(22-41)37(36)48-2)23-28(26-12-13-32(39)33(40)21-26)16-19-43-17-14-25(15-18-43)30-9-6-7-11-34(30)44(49-3)35(46)24-45/h4-13,20-21,24-25,28H,14-19,23H2,1-3H3/t28-/m1/s1. The van der Waals surface area contributed by atoms with Crippen molar-refractivity contribution < 1.29 is 24.0 Å². The summed E-state index contributed by atoms with van der Waals surface area (Å²) in [7, 11) is 4.61. The van der Waals surface area contributed by atoms with Gasteiger partial charge in [0.2, 0.25) is 6.29 Å². The Labute approximate surface area is 296 Å². The highest BCUT2D eigenvalue weighted by Crippen LogP contribution is 2.37. The van der Waals surface area contributed by atoms with Crippen LogP contribution in [0.3, 0.4) is 0 Å². The fourth-order valence-corrected chi connectivity index (χ4v) is 7.06. The minimum absolute atomic E-state index is 0.0665. The Kier molecular flexibility index (Phi) is 11.9. The first kappa shape index (κ1) is 35.8. The van der Waals surface area contributed by atoms with E-state index in [-0.39, 0.29) is 29.8 Å². The van der Waals surface area contributed by atoms with Crippen LogP contribution in [0.2, 0.25) is 10.0 Å². The minimum atomic E-state index is -0.756. The molecular formula is C38H38Cl2N4O5. The lowest BCUT2D eigenvalue weighted by Crippen LogP contribution is -2.37. The summed E-state index contributed by atoms with van der Waals surface area (Å²) in [4.78, 5) is 47.0. The largest absolute Gasteiger partial charge is 0.495 e. The maximum absolute atomic E-state index is 14.2. The second-order valence-electron chi connectivity index (χ2n) is 12.1. The molecule has 1 atom stereocenters. The van der Waals surface area contributed by atoms with E-state index < -0.39 is 5.91 Å². The van der Waals surface area contributed by atoms with Crippen molar-refractivity contribution in [2.45, 2.75) is 31.1 Å². The van der Waals surface area contributed by atoms with Gasteiger partial charge in [0, 0.05) is 19.5 Å². The first-order valence-corrected chi connectivity index (χ1v) is 16.8. The van der Waals surface area contributed by atoms with Crippen LogP contribution in [0.1, 0.15) is 58.1 Å². The van der Waals surface area contributed by atoms with Crippen LogP contribution in [0.25, 0.3) is 10.8 Å². The van der Waals surface area contributed by atoms with Crippen molar-refractivity contribution in [2.75, 3.05) is 52.5 Å². The predicted octanol–water partition coefficient (Wildman–Crippen LogP) is 7.25. The van der Waals surface area contributed by atoms with E-state index in [1.165, 1.54) is 14.2 Å². The number of methoxy groups -OCH3 is 1. The molecule has 0 N–H and O–H groups in total. The molecule has 2 amide bonds. The van der Waals surface area contributed by atoms with Gasteiger partial charge in [-0.1, -0.05) is 71.7 Å². The van der Waals surface area contributed by atoms with Crippen LogP contribution in [0.4, 0.5) is 5.69 Å². The van der Waals surface area contributed by atoms with Gasteiger partial charge in [-0.3, -0.25) is 19.2 Å². The average molecular weight is 702 g/mol. The van der Waals surface area contributed by atoms with Gasteiger partial charge in [0.25, 0.3) is 5.91 Å². The molecule has 0 radical (unpaired) electrons. The highest BCUT2D eigenvalue weighted by atomic mass is 35.5. The Morgan fingerprint density at radius 2 is 1.73 bits per heavy atom. The summed E-state index contributed by atoms with van der Waals surface area (Å²) in [6.45, 7) is 2.85. The summed E-state index contributed by atoms with van der Waals surface area (Å²) in [5.74, 6) is -0.615. The molecule has 11 heteroatoms. The number of likely N-dealkylation sites (N-methyl/N-ethyl adjacent to an activating group) is 1. The number of halogens is 2. The van der Waals surface area contributed by atoms with Gasteiger partial charge in [-0.05, 0) is 91.0 Å². The molecule has 1 saturated heterocycles. The molecule has 1 fully saturated rings. The molecule has 0 unspecified atom stereocenters. The number of benzene rings is 4. The number of amides is 2. The SMILES string of the molecule is COc1c(C#N)cc2ccccc2c1C(=O)N(C)C[C@@H](CCN1CCC(c2ccccc2N(OC)C(=O)C=O)CC1)c1ccc(Cl)c(Cl)c1. The minimum Gasteiger partial charge on any atom is -0.495 e. The van der Waals surface area contributed by atoms with E-state index in [2.05, 4.69) is 11.0 Å². The first-order chi connectivity index (χ1) is 23.7. The van der Waals surface area contributed by atoms with Crippen molar-refractivity contribution in [1.29, 1.82) is 5.26 Å². The van der Waals surface area contributed by atoms with Gasteiger partial charge in [-0.15, -0.1) is 0 Å². The van der Waals surface area contributed by atoms with Gasteiger partial charge in [0.15, 0.2) is 0 Å². The zero-order chi connectivity index (χ0) is 35.1. The van der Waals surface area contributed by atoms with Crippen molar-refractivity contribution in [3.05, 3.63) is 105 Å². The van der Waals surface area contributed by atoms with Crippen molar-refractivity contribution in [1.82, 2.24) is 9.80 Å². The van der Waals surface area contributed by atoms with E-state index in [0.29, 0.717) is 33.4 Å². The van der Waals surface area contributed by atoms with Crippen LogP contribution in [0, 0.1) is 11.3 Å². The Morgan fingerprint density at radius 1 is 1.02 bits per heavy atom. The lowest BCUT2D eigenvalue weighted by atomic mass is 9.87. The second-order valence-corrected chi connectivity index (χ2v) is 12.9. The molecule has 0 aliphatic carbocycles. The number of nitriles is 1. The number of nitrogens with zero attached hydrogens (tertiary/aromatic N) is 4. The van der Waals surface area contributed by atoms with Crippen LogP contribution in [0.15, 0.2) is 72.8 Å². The number of hydrogen-bond donors (Lipinski definition) is 0. The molecule has 0 saturated carbocycles. The molecule has 1 aliphatic heterocycles. The number of carbonyl (C=O) groups is 3. The Bertz CT molecular complexity index is 1890. The van der Waals surface area contributed by atoms with E-state index in [4.69, 9.17) is 32.8 Å². The van der Waals surface area contributed by atoms with E-state index in [0.717, 1.165) is 65.9 Å². The third-order valence-corrected chi connectivity index (χ3v) is 10.00. The average Bonchev–Trinajstić information content (AvgIpc) is 3.13. The maximum atomic E-state index is 14.2. The molecule has 254 valence electrons. The van der Waals surface area contributed by atoms with Gasteiger partial charge in [-0.25, -0.2) is 0 Å². The number of likely N-dealkylation sites (tertiary alicyclic amines) is 1. The monoisotopic (exact) mass is 700 g/mol. The fraction of sp³-hybridized carbons (Fsp3) is 0.316. The van der Waals surface area contributed by atoms with Crippen LogP contribution in [-0.2, 0) is 14.4 Å². The van der Waals surface area contributed by atoms with Gasteiger partial charge < -0.3 is 14.5 Å². The maximum Gasteiger partial charge on any atom is 0.314 e. The van der Waals surface area contributed by atoms with E-state index in [1.807, 2.05) is 54.6 Å². The smallest absolute Gasteiger partial charge is 0.314 e. The second kappa shape index (κ2) is 16.3. The molecule has 5 rings (SSSR count).